The summed E-state index contributed by atoms with van der Waals surface area (Å²) in [5.41, 5.74) is 0.506. The van der Waals surface area contributed by atoms with E-state index in [4.69, 9.17) is 0 Å². The number of aromatic amines is 1. The average molecular weight is 442 g/mol. The molecule has 0 saturated heterocycles. The molecule has 0 aliphatic heterocycles. The third kappa shape index (κ3) is 3.78. The zero-order chi connectivity index (χ0) is 22.3. The number of anilines is 1. The number of nitrogens with one attached hydrogen (secondary N) is 2. The fourth-order valence-corrected chi connectivity index (χ4v) is 4.31. The topological polar surface area (TPSA) is 96.7 Å². The van der Waals surface area contributed by atoms with E-state index in [-0.39, 0.29) is 29.3 Å². The van der Waals surface area contributed by atoms with Gasteiger partial charge in [0, 0.05) is 24.4 Å². The average Bonchev–Trinajstić information content (AvgIpc) is 3.39. The third-order valence-corrected chi connectivity index (χ3v) is 5.87. The van der Waals surface area contributed by atoms with Crippen LogP contribution in [0.5, 0.6) is 0 Å². The highest BCUT2D eigenvalue weighted by atomic mass is 19.4. The molecule has 0 unspecified atom stereocenters. The maximum atomic E-state index is 13.5. The Morgan fingerprint density at radius 2 is 2.03 bits per heavy atom. The number of alkyl halides is 3. The molecular weight excluding hydrogens is 421 g/mol. The van der Waals surface area contributed by atoms with E-state index in [1.165, 1.54) is 6.20 Å². The number of hydrogen-bond donors (Lipinski definition) is 2. The van der Waals surface area contributed by atoms with Crippen molar-refractivity contribution in [3.8, 4) is 11.4 Å². The summed E-state index contributed by atoms with van der Waals surface area (Å²) < 4.78 is 42.6. The van der Waals surface area contributed by atoms with Crippen molar-refractivity contribution in [2.45, 2.75) is 50.7 Å². The van der Waals surface area contributed by atoms with Crippen LogP contribution < -0.4 is 5.32 Å². The Bertz CT molecular complexity index is 1250. The van der Waals surface area contributed by atoms with Crippen molar-refractivity contribution >= 4 is 11.6 Å². The lowest BCUT2D eigenvalue weighted by Crippen LogP contribution is -2.28. The van der Waals surface area contributed by atoms with Gasteiger partial charge in [-0.2, -0.15) is 18.3 Å². The van der Waals surface area contributed by atoms with E-state index in [0.29, 0.717) is 5.56 Å². The number of aromatic nitrogens is 7. The Morgan fingerprint density at radius 3 is 2.81 bits per heavy atom. The smallest absolute Gasteiger partial charge is 0.351 e. The van der Waals surface area contributed by atoms with Gasteiger partial charge in [-0.3, -0.25) is 9.50 Å². The van der Waals surface area contributed by atoms with Gasteiger partial charge in [0.2, 0.25) is 5.95 Å². The molecule has 0 spiro atoms. The molecule has 166 valence electrons. The Kier molecular flexibility index (Phi) is 5.03. The summed E-state index contributed by atoms with van der Waals surface area (Å²) in [4.78, 5) is 8.20. The van der Waals surface area contributed by atoms with Crippen molar-refractivity contribution in [1.82, 2.24) is 34.8 Å². The van der Waals surface area contributed by atoms with Crippen molar-refractivity contribution in [3.63, 3.8) is 0 Å². The summed E-state index contributed by atoms with van der Waals surface area (Å²) in [7, 11) is 0. The lowest BCUT2D eigenvalue weighted by Gasteiger charge is -2.29. The van der Waals surface area contributed by atoms with E-state index in [9.17, 15) is 13.2 Å². The SMILES string of the molecule is Cc1cn[nH]c1-c1nc(N[C@@H]2CCC[C@H](c3nnc4ccccn34)C2)ncc1C(F)(F)F. The lowest BCUT2D eigenvalue weighted by atomic mass is 9.85. The minimum absolute atomic E-state index is 0.0114. The maximum Gasteiger partial charge on any atom is 0.420 e. The second kappa shape index (κ2) is 7.88. The molecule has 1 fully saturated rings. The Morgan fingerprint density at radius 1 is 1.16 bits per heavy atom. The summed E-state index contributed by atoms with van der Waals surface area (Å²) in [5, 5.41) is 18.3. The van der Waals surface area contributed by atoms with E-state index in [1.54, 1.807) is 6.92 Å². The largest absolute Gasteiger partial charge is 0.420 e. The first-order valence-corrected chi connectivity index (χ1v) is 10.4. The van der Waals surface area contributed by atoms with Gasteiger partial charge < -0.3 is 5.32 Å². The number of nitrogens with zero attached hydrogens (tertiary/aromatic N) is 6. The van der Waals surface area contributed by atoms with Crippen LogP contribution in [0.3, 0.4) is 0 Å². The predicted octanol–water partition coefficient (Wildman–Crippen LogP) is 4.37. The number of rotatable bonds is 4. The van der Waals surface area contributed by atoms with Gasteiger partial charge in [0.05, 0.1) is 11.9 Å². The van der Waals surface area contributed by atoms with E-state index in [1.807, 2.05) is 28.8 Å². The molecule has 1 aliphatic carbocycles. The van der Waals surface area contributed by atoms with E-state index in [0.717, 1.165) is 43.4 Å². The summed E-state index contributed by atoms with van der Waals surface area (Å²) in [5.74, 6) is 1.25. The quantitative estimate of drug-likeness (QED) is 0.487. The van der Waals surface area contributed by atoms with Gasteiger partial charge in [-0.25, -0.2) is 9.97 Å². The standard InChI is InChI=1S/C21H21F3N8/c1-12-10-26-30-17(12)18-15(21(22,23)24)11-25-20(28-18)27-14-6-4-5-13(9-14)19-31-29-16-7-2-3-8-32(16)19/h2-3,7-8,10-11,13-14H,4-6,9H2,1H3,(H,26,30)(H,25,27,28)/t13-,14+/m0/s1. The van der Waals surface area contributed by atoms with Gasteiger partial charge in [-0.15, -0.1) is 10.2 Å². The van der Waals surface area contributed by atoms with Crippen molar-refractivity contribution in [1.29, 1.82) is 0 Å². The molecule has 0 radical (unpaired) electrons. The van der Waals surface area contributed by atoms with Gasteiger partial charge in [0.25, 0.3) is 0 Å². The van der Waals surface area contributed by atoms with Crippen LogP contribution in [0.1, 0.15) is 48.6 Å². The van der Waals surface area contributed by atoms with Crippen LogP contribution >= 0.6 is 0 Å². The molecule has 8 nitrogen and oxygen atoms in total. The van der Waals surface area contributed by atoms with Crippen LogP contribution in [0.2, 0.25) is 0 Å². The van der Waals surface area contributed by atoms with Gasteiger partial charge in [0.15, 0.2) is 5.65 Å². The molecule has 1 aliphatic rings. The number of pyridine rings is 1. The van der Waals surface area contributed by atoms with E-state index in [2.05, 4.69) is 35.7 Å². The summed E-state index contributed by atoms with van der Waals surface area (Å²) >= 11 is 0. The minimum atomic E-state index is -4.57. The molecule has 32 heavy (non-hydrogen) atoms. The summed E-state index contributed by atoms with van der Waals surface area (Å²) in [6, 6.07) is 5.77. The second-order valence-electron chi connectivity index (χ2n) is 8.07. The molecule has 0 bridgehead atoms. The number of H-pyrrole nitrogens is 1. The molecule has 2 N–H and O–H groups in total. The first-order chi connectivity index (χ1) is 15.4. The van der Waals surface area contributed by atoms with Gasteiger partial charge >= 0.3 is 6.18 Å². The van der Waals surface area contributed by atoms with Gasteiger partial charge in [-0.05, 0) is 43.9 Å². The zero-order valence-corrected chi connectivity index (χ0v) is 17.3. The molecule has 5 rings (SSSR count). The fraction of sp³-hybridized carbons (Fsp3) is 0.381. The molecular formula is C21H21F3N8. The molecule has 0 amide bonds. The van der Waals surface area contributed by atoms with Crippen LogP contribution in [0, 0.1) is 6.92 Å². The van der Waals surface area contributed by atoms with Gasteiger partial charge in [-0.1, -0.05) is 12.5 Å². The van der Waals surface area contributed by atoms with Crippen molar-refractivity contribution in [2.75, 3.05) is 5.32 Å². The van der Waals surface area contributed by atoms with Crippen LogP contribution in [-0.2, 0) is 6.18 Å². The number of hydrogen-bond acceptors (Lipinski definition) is 6. The number of aryl methyl sites for hydroxylation is 1. The van der Waals surface area contributed by atoms with Crippen molar-refractivity contribution < 1.29 is 13.2 Å². The molecule has 1 saturated carbocycles. The van der Waals surface area contributed by atoms with Gasteiger partial charge in [0.1, 0.15) is 17.1 Å². The Balaban J connectivity index is 1.41. The highest BCUT2D eigenvalue weighted by molar-refractivity contribution is 5.63. The molecule has 4 aromatic heterocycles. The zero-order valence-electron chi connectivity index (χ0n) is 17.3. The molecule has 4 aromatic rings. The van der Waals surface area contributed by atoms with Crippen LogP contribution in [-0.4, -0.2) is 40.8 Å². The number of halogens is 3. The normalized spacial score (nSPS) is 19.4. The highest BCUT2D eigenvalue weighted by Crippen LogP contribution is 2.37. The third-order valence-electron chi connectivity index (χ3n) is 5.87. The first kappa shape index (κ1) is 20.4. The maximum absolute atomic E-state index is 13.5. The van der Waals surface area contributed by atoms with Crippen molar-refractivity contribution in [3.05, 3.63) is 53.7 Å². The monoisotopic (exact) mass is 442 g/mol. The first-order valence-electron chi connectivity index (χ1n) is 10.4. The van der Waals surface area contributed by atoms with E-state index < -0.39 is 11.7 Å². The Labute approximate surface area is 181 Å². The van der Waals surface area contributed by atoms with Crippen molar-refractivity contribution in [2.24, 2.45) is 0 Å². The molecule has 4 heterocycles. The second-order valence-corrected chi connectivity index (χ2v) is 8.07. The minimum Gasteiger partial charge on any atom is -0.351 e. The molecule has 2 atom stereocenters. The predicted molar refractivity (Wildman–Crippen MR) is 111 cm³/mol. The fourth-order valence-electron chi connectivity index (χ4n) is 4.31. The number of fused-ring (bicyclic) bond motifs is 1. The summed E-state index contributed by atoms with van der Waals surface area (Å²) in [6.07, 6.45) is 3.23. The summed E-state index contributed by atoms with van der Waals surface area (Å²) in [6.45, 7) is 1.68. The van der Waals surface area contributed by atoms with Crippen LogP contribution in [0.15, 0.2) is 36.8 Å². The lowest BCUT2D eigenvalue weighted by molar-refractivity contribution is -0.137. The highest BCUT2D eigenvalue weighted by Gasteiger charge is 2.36. The molecule has 11 heteroatoms. The van der Waals surface area contributed by atoms with Crippen LogP contribution in [0.4, 0.5) is 19.1 Å². The van der Waals surface area contributed by atoms with Crippen LogP contribution in [0.25, 0.3) is 17.0 Å². The van der Waals surface area contributed by atoms with E-state index >= 15 is 0 Å². The Hall–Kier alpha value is -3.50. The molecule has 0 aromatic carbocycles.